The third kappa shape index (κ3) is 4.19. The number of nitrogens with one attached hydrogen (secondary N) is 1. The highest BCUT2D eigenvalue weighted by atomic mass is 16.5. The maximum Gasteiger partial charge on any atom is 0.123 e. The predicted molar refractivity (Wildman–Crippen MR) is 85.1 cm³/mol. The summed E-state index contributed by atoms with van der Waals surface area (Å²) >= 11 is 0. The summed E-state index contributed by atoms with van der Waals surface area (Å²) in [6, 6.07) is 14.2. The summed E-state index contributed by atoms with van der Waals surface area (Å²) in [6.07, 6.45) is 0.987. The topological polar surface area (TPSA) is 47.3 Å². The average molecular weight is 270 g/mol. The summed E-state index contributed by atoms with van der Waals surface area (Å²) in [4.78, 5) is 0. The van der Waals surface area contributed by atoms with Gasteiger partial charge in [0.25, 0.3) is 0 Å². The van der Waals surface area contributed by atoms with Crippen molar-refractivity contribution in [1.29, 1.82) is 0 Å². The number of nitrogen functional groups attached to an aromatic ring is 1. The van der Waals surface area contributed by atoms with Gasteiger partial charge in [-0.05, 0) is 25.0 Å². The first-order chi connectivity index (χ1) is 9.67. The Morgan fingerprint density at radius 2 is 2.00 bits per heavy atom. The molecule has 3 N–H and O–H groups in total. The third-order valence-electron chi connectivity index (χ3n) is 2.98. The number of anilines is 2. The minimum Gasteiger partial charge on any atom is -0.493 e. The summed E-state index contributed by atoms with van der Waals surface area (Å²) in [6.45, 7) is 5.67. The van der Waals surface area contributed by atoms with Crippen molar-refractivity contribution in [3.63, 3.8) is 0 Å². The van der Waals surface area contributed by atoms with Gasteiger partial charge >= 0.3 is 0 Å². The van der Waals surface area contributed by atoms with Gasteiger partial charge in [-0.1, -0.05) is 36.8 Å². The molecule has 0 atom stereocenters. The van der Waals surface area contributed by atoms with Crippen LogP contribution in [0.3, 0.4) is 0 Å². The number of hydrogen-bond donors (Lipinski definition) is 2. The molecule has 2 aromatic carbocycles. The van der Waals surface area contributed by atoms with Crippen molar-refractivity contribution < 1.29 is 4.74 Å². The van der Waals surface area contributed by atoms with E-state index < -0.39 is 0 Å². The van der Waals surface area contributed by atoms with Gasteiger partial charge in [0.05, 0.1) is 6.61 Å². The van der Waals surface area contributed by atoms with Crippen LogP contribution in [-0.4, -0.2) is 6.61 Å². The fraction of sp³-hybridized carbons (Fsp3) is 0.294. The van der Waals surface area contributed by atoms with Crippen LogP contribution in [0.25, 0.3) is 0 Å². The van der Waals surface area contributed by atoms with E-state index in [0.717, 1.165) is 24.4 Å². The molecule has 0 aliphatic heterocycles. The molecule has 0 heterocycles. The Bertz CT molecular complexity index is 567. The highest BCUT2D eigenvalue weighted by Crippen LogP contribution is 2.23. The van der Waals surface area contributed by atoms with Crippen molar-refractivity contribution in [2.75, 3.05) is 17.7 Å². The fourth-order valence-electron chi connectivity index (χ4n) is 2.05. The van der Waals surface area contributed by atoms with Crippen LogP contribution in [0.4, 0.5) is 11.4 Å². The van der Waals surface area contributed by atoms with E-state index >= 15 is 0 Å². The average Bonchev–Trinajstić information content (AvgIpc) is 2.42. The Hall–Kier alpha value is -2.16. The Kier molecular flexibility index (Phi) is 4.88. The van der Waals surface area contributed by atoms with Gasteiger partial charge in [0.15, 0.2) is 0 Å². The van der Waals surface area contributed by atoms with E-state index in [1.807, 2.05) is 18.2 Å². The van der Waals surface area contributed by atoms with E-state index in [4.69, 9.17) is 10.5 Å². The van der Waals surface area contributed by atoms with Crippen molar-refractivity contribution in [2.45, 2.75) is 26.8 Å². The zero-order chi connectivity index (χ0) is 14.4. The molecule has 0 aromatic heterocycles. The number of ether oxygens (including phenoxy) is 1. The van der Waals surface area contributed by atoms with E-state index in [2.05, 4.69) is 43.4 Å². The van der Waals surface area contributed by atoms with E-state index in [-0.39, 0.29) is 0 Å². The van der Waals surface area contributed by atoms with Crippen LogP contribution in [0.15, 0.2) is 42.5 Å². The molecule has 106 valence electrons. The minimum atomic E-state index is 0.709. The van der Waals surface area contributed by atoms with Gasteiger partial charge < -0.3 is 15.8 Å². The lowest BCUT2D eigenvalue weighted by Gasteiger charge is -2.11. The lowest BCUT2D eigenvalue weighted by atomic mass is 10.1. The van der Waals surface area contributed by atoms with Crippen LogP contribution < -0.4 is 15.8 Å². The number of aryl methyl sites for hydroxylation is 1. The van der Waals surface area contributed by atoms with Crippen molar-refractivity contribution in [1.82, 2.24) is 0 Å². The van der Waals surface area contributed by atoms with Gasteiger partial charge in [0, 0.05) is 30.1 Å². The van der Waals surface area contributed by atoms with E-state index in [9.17, 15) is 0 Å². The SMILES string of the molecule is CCCOc1cc(N)cc(NCc2cccc(C)c2)c1. The highest BCUT2D eigenvalue weighted by molar-refractivity contribution is 5.59. The normalized spacial score (nSPS) is 10.3. The zero-order valence-corrected chi connectivity index (χ0v) is 12.1. The molecule has 0 unspecified atom stereocenters. The van der Waals surface area contributed by atoms with Gasteiger partial charge in [0.2, 0.25) is 0 Å². The van der Waals surface area contributed by atoms with Crippen LogP contribution >= 0.6 is 0 Å². The minimum absolute atomic E-state index is 0.709. The molecule has 0 fully saturated rings. The van der Waals surface area contributed by atoms with Crippen LogP contribution in [0.1, 0.15) is 24.5 Å². The van der Waals surface area contributed by atoms with Gasteiger partial charge in [-0.2, -0.15) is 0 Å². The molecule has 3 heteroatoms. The lowest BCUT2D eigenvalue weighted by molar-refractivity contribution is 0.318. The van der Waals surface area contributed by atoms with Gasteiger partial charge in [-0.15, -0.1) is 0 Å². The zero-order valence-electron chi connectivity index (χ0n) is 12.1. The molecular weight excluding hydrogens is 248 g/mol. The first-order valence-electron chi connectivity index (χ1n) is 7.00. The van der Waals surface area contributed by atoms with Gasteiger partial charge in [-0.3, -0.25) is 0 Å². The molecule has 0 amide bonds. The Labute approximate surface area is 120 Å². The molecule has 0 aliphatic rings. The second kappa shape index (κ2) is 6.85. The van der Waals surface area contributed by atoms with E-state index in [1.54, 1.807) is 0 Å². The van der Waals surface area contributed by atoms with Crippen molar-refractivity contribution in [3.05, 3.63) is 53.6 Å². The summed E-state index contributed by atoms with van der Waals surface area (Å²) in [5.74, 6) is 0.818. The van der Waals surface area contributed by atoms with E-state index in [0.29, 0.717) is 12.3 Å². The highest BCUT2D eigenvalue weighted by Gasteiger charge is 2.00. The molecule has 3 nitrogen and oxygen atoms in total. The second-order valence-corrected chi connectivity index (χ2v) is 4.98. The monoisotopic (exact) mass is 270 g/mol. The smallest absolute Gasteiger partial charge is 0.123 e. The maximum absolute atomic E-state index is 5.90. The molecule has 2 aromatic rings. The number of hydrogen-bond acceptors (Lipinski definition) is 3. The molecule has 0 radical (unpaired) electrons. The van der Waals surface area contributed by atoms with Crippen molar-refractivity contribution in [2.24, 2.45) is 0 Å². The van der Waals surface area contributed by atoms with Crippen LogP contribution in [-0.2, 0) is 6.54 Å². The van der Waals surface area contributed by atoms with Crippen LogP contribution in [0.5, 0.6) is 5.75 Å². The third-order valence-corrected chi connectivity index (χ3v) is 2.98. The largest absolute Gasteiger partial charge is 0.493 e. The Balaban J connectivity index is 2.03. The standard InChI is InChI=1S/C17H22N2O/c1-3-7-20-17-10-15(18)9-16(11-17)19-12-14-6-4-5-13(2)8-14/h4-6,8-11,19H,3,7,12,18H2,1-2H3. The van der Waals surface area contributed by atoms with Crippen LogP contribution in [0.2, 0.25) is 0 Å². The summed E-state index contributed by atoms with van der Waals surface area (Å²) < 4.78 is 5.63. The van der Waals surface area contributed by atoms with Crippen molar-refractivity contribution in [3.8, 4) is 5.75 Å². The molecule has 0 saturated carbocycles. The quantitative estimate of drug-likeness (QED) is 0.781. The number of benzene rings is 2. The van der Waals surface area contributed by atoms with Crippen LogP contribution in [0, 0.1) is 6.92 Å². The Morgan fingerprint density at radius 3 is 2.75 bits per heavy atom. The predicted octanol–water partition coefficient (Wildman–Crippen LogP) is 3.98. The first-order valence-corrected chi connectivity index (χ1v) is 7.00. The molecule has 20 heavy (non-hydrogen) atoms. The Morgan fingerprint density at radius 1 is 1.15 bits per heavy atom. The fourth-order valence-corrected chi connectivity index (χ4v) is 2.05. The van der Waals surface area contributed by atoms with Crippen molar-refractivity contribution >= 4 is 11.4 Å². The molecule has 0 aliphatic carbocycles. The van der Waals surface area contributed by atoms with E-state index in [1.165, 1.54) is 11.1 Å². The summed E-state index contributed by atoms with van der Waals surface area (Å²) in [5, 5.41) is 3.39. The van der Waals surface area contributed by atoms with Gasteiger partial charge in [-0.25, -0.2) is 0 Å². The number of nitrogens with two attached hydrogens (primary N) is 1. The maximum atomic E-state index is 5.90. The molecule has 0 spiro atoms. The summed E-state index contributed by atoms with van der Waals surface area (Å²) in [5.41, 5.74) is 10.1. The number of rotatable bonds is 6. The molecule has 2 rings (SSSR count). The summed E-state index contributed by atoms with van der Waals surface area (Å²) in [7, 11) is 0. The molecule has 0 saturated heterocycles. The first kappa shape index (κ1) is 14.3. The lowest BCUT2D eigenvalue weighted by Crippen LogP contribution is -2.02. The molecule has 0 bridgehead atoms. The second-order valence-electron chi connectivity index (χ2n) is 4.98. The molecular formula is C17H22N2O. The van der Waals surface area contributed by atoms with Gasteiger partial charge in [0.1, 0.15) is 5.75 Å².